The minimum Gasteiger partial charge on any atom is -0.444 e. The number of carbonyl (C=O) groups is 1. The molecule has 3 heterocycles. The maximum Gasteiger partial charge on any atom is 0.410 e. The minimum absolute atomic E-state index is 0.163. The number of fused-ring (bicyclic) bond motifs is 3. The van der Waals surface area contributed by atoms with E-state index in [0.717, 1.165) is 41.9 Å². The molecule has 2 bridgehead atoms. The summed E-state index contributed by atoms with van der Waals surface area (Å²) in [5.41, 5.74) is 0.517. The van der Waals surface area contributed by atoms with E-state index in [1.165, 1.54) is 0 Å². The quantitative estimate of drug-likeness (QED) is 0.886. The molecule has 138 valence electrons. The number of ether oxygens (including phenoxy) is 1. The van der Waals surface area contributed by atoms with Crippen LogP contribution in [0.4, 0.5) is 10.6 Å². The fourth-order valence-corrected chi connectivity index (χ4v) is 4.10. The molecule has 26 heavy (non-hydrogen) atoms. The van der Waals surface area contributed by atoms with Gasteiger partial charge in [-0.05, 0) is 64.2 Å². The normalized spacial score (nSPS) is 24.9. The molecule has 0 spiro atoms. The number of para-hydroxylation sites is 1. The molecular weight excluding hydrogens is 326 g/mol. The van der Waals surface area contributed by atoms with Crippen molar-refractivity contribution in [1.82, 2.24) is 9.88 Å². The lowest BCUT2D eigenvalue weighted by Crippen LogP contribution is -2.61. The zero-order chi connectivity index (χ0) is 18.3. The van der Waals surface area contributed by atoms with Crippen LogP contribution >= 0.6 is 0 Å². The number of nitrogens with zero attached hydrogens (tertiary/aromatic N) is 2. The van der Waals surface area contributed by atoms with Crippen LogP contribution < -0.4 is 5.32 Å². The van der Waals surface area contributed by atoms with E-state index < -0.39 is 5.60 Å². The number of rotatable bonds is 3. The summed E-state index contributed by atoms with van der Waals surface area (Å²) < 4.78 is 5.66. The number of aromatic nitrogens is 1. The van der Waals surface area contributed by atoms with Crippen molar-refractivity contribution in [3.63, 3.8) is 0 Å². The highest BCUT2D eigenvalue weighted by atomic mass is 16.6. The summed E-state index contributed by atoms with van der Waals surface area (Å²) in [4.78, 5) is 19.4. The summed E-state index contributed by atoms with van der Waals surface area (Å²) in [6.07, 6.45) is 3.09. The topological polar surface area (TPSA) is 54.5 Å². The van der Waals surface area contributed by atoms with Crippen LogP contribution in [0, 0.1) is 5.92 Å². The Balaban J connectivity index is 1.45. The number of hydrogen-bond acceptors (Lipinski definition) is 4. The lowest BCUT2D eigenvalue weighted by Gasteiger charge is -2.53. The van der Waals surface area contributed by atoms with E-state index in [9.17, 15) is 4.79 Å². The number of nitrogens with one attached hydrogen (secondary N) is 1. The SMILES string of the molecule is CC(C)(C)OC(=O)N1C(CNc2ccc3ccccc3n2)CC2CC1C2. The van der Waals surface area contributed by atoms with Gasteiger partial charge in [0.1, 0.15) is 11.4 Å². The number of benzene rings is 1. The third-order valence-electron chi connectivity index (χ3n) is 5.32. The van der Waals surface area contributed by atoms with Gasteiger partial charge in [0.05, 0.1) is 11.6 Å². The fraction of sp³-hybridized carbons (Fsp3) is 0.524. The lowest BCUT2D eigenvalue weighted by atomic mass is 9.71. The first-order valence-corrected chi connectivity index (χ1v) is 9.50. The van der Waals surface area contributed by atoms with Crippen molar-refractivity contribution in [1.29, 1.82) is 0 Å². The average molecular weight is 353 g/mol. The van der Waals surface area contributed by atoms with Crippen LogP contribution in [0.5, 0.6) is 0 Å². The van der Waals surface area contributed by atoms with E-state index in [-0.39, 0.29) is 12.1 Å². The number of pyridine rings is 1. The van der Waals surface area contributed by atoms with Crippen LogP contribution in [-0.2, 0) is 4.74 Å². The van der Waals surface area contributed by atoms with Gasteiger partial charge in [0.25, 0.3) is 0 Å². The zero-order valence-electron chi connectivity index (χ0n) is 15.7. The Bertz CT molecular complexity index is 808. The summed E-state index contributed by atoms with van der Waals surface area (Å²) >= 11 is 0. The predicted octanol–water partition coefficient (Wildman–Crippen LogP) is 4.43. The van der Waals surface area contributed by atoms with Gasteiger partial charge in [-0.15, -0.1) is 0 Å². The molecule has 5 heteroatoms. The van der Waals surface area contributed by atoms with Crippen molar-refractivity contribution in [2.75, 3.05) is 11.9 Å². The highest BCUT2D eigenvalue weighted by Gasteiger charge is 2.47. The molecule has 1 amide bonds. The summed E-state index contributed by atoms with van der Waals surface area (Å²) in [5.74, 6) is 1.60. The van der Waals surface area contributed by atoms with E-state index in [1.807, 2.05) is 49.9 Å². The van der Waals surface area contributed by atoms with Crippen LogP contribution in [0.15, 0.2) is 36.4 Å². The van der Waals surface area contributed by atoms with Crippen molar-refractivity contribution in [3.05, 3.63) is 36.4 Å². The third kappa shape index (κ3) is 3.48. The minimum atomic E-state index is -0.463. The van der Waals surface area contributed by atoms with E-state index in [4.69, 9.17) is 4.74 Å². The first kappa shape index (κ1) is 17.1. The van der Waals surface area contributed by atoms with Crippen LogP contribution in [0.25, 0.3) is 10.9 Å². The molecule has 0 radical (unpaired) electrons. The average Bonchev–Trinajstić information content (AvgIpc) is 2.57. The van der Waals surface area contributed by atoms with E-state index >= 15 is 0 Å². The Morgan fingerprint density at radius 2 is 1.96 bits per heavy atom. The Hall–Kier alpha value is -2.30. The molecule has 1 saturated carbocycles. The Kier molecular flexibility index (Phi) is 4.25. The first-order chi connectivity index (χ1) is 12.4. The van der Waals surface area contributed by atoms with Crippen molar-refractivity contribution < 1.29 is 9.53 Å². The standard InChI is InChI=1S/C21H27N3O2/c1-21(2,3)26-20(25)24-16-10-14(11-16)12-17(24)13-22-19-9-8-15-6-4-5-7-18(15)23-19/h4-9,14,16-17H,10-13H2,1-3H3,(H,22,23). The second kappa shape index (κ2) is 6.45. The molecule has 2 aliphatic heterocycles. The first-order valence-electron chi connectivity index (χ1n) is 9.50. The number of amides is 1. The summed E-state index contributed by atoms with van der Waals surface area (Å²) in [6.45, 7) is 6.47. The Morgan fingerprint density at radius 3 is 2.73 bits per heavy atom. The highest BCUT2D eigenvalue weighted by molar-refractivity contribution is 5.80. The molecule has 5 rings (SSSR count). The van der Waals surface area contributed by atoms with Crippen molar-refractivity contribution in [2.24, 2.45) is 5.92 Å². The van der Waals surface area contributed by atoms with Crippen LogP contribution in [0.1, 0.15) is 40.0 Å². The van der Waals surface area contributed by atoms with Gasteiger partial charge in [0.15, 0.2) is 0 Å². The van der Waals surface area contributed by atoms with E-state index in [2.05, 4.69) is 22.4 Å². The molecule has 1 atom stereocenters. The molecule has 2 saturated heterocycles. The Morgan fingerprint density at radius 1 is 1.19 bits per heavy atom. The predicted molar refractivity (Wildman–Crippen MR) is 103 cm³/mol. The summed E-state index contributed by atoms with van der Waals surface area (Å²) in [6, 6.07) is 12.7. The lowest BCUT2D eigenvalue weighted by molar-refractivity contribution is -0.0485. The number of anilines is 1. The molecule has 5 nitrogen and oxygen atoms in total. The maximum atomic E-state index is 12.7. The van der Waals surface area contributed by atoms with Gasteiger partial charge < -0.3 is 15.0 Å². The van der Waals surface area contributed by atoms with Gasteiger partial charge in [-0.2, -0.15) is 0 Å². The highest BCUT2D eigenvalue weighted by Crippen LogP contribution is 2.43. The van der Waals surface area contributed by atoms with Gasteiger partial charge >= 0.3 is 6.09 Å². The largest absolute Gasteiger partial charge is 0.444 e. The molecule has 3 fully saturated rings. The fourth-order valence-electron chi connectivity index (χ4n) is 4.10. The summed E-state index contributed by atoms with van der Waals surface area (Å²) in [5, 5.41) is 4.57. The molecule has 3 aliphatic rings. The van der Waals surface area contributed by atoms with Gasteiger partial charge in [0, 0.05) is 18.0 Å². The molecule has 1 unspecified atom stereocenters. The molecule has 2 aromatic rings. The number of carbonyl (C=O) groups excluding carboxylic acids is 1. The monoisotopic (exact) mass is 353 g/mol. The molecule has 1 aromatic carbocycles. The number of piperidine rings is 2. The van der Waals surface area contributed by atoms with Crippen LogP contribution in [-0.4, -0.2) is 40.2 Å². The van der Waals surface area contributed by atoms with Gasteiger partial charge in [-0.1, -0.05) is 18.2 Å². The van der Waals surface area contributed by atoms with Crippen molar-refractivity contribution >= 4 is 22.8 Å². The summed E-state index contributed by atoms with van der Waals surface area (Å²) in [7, 11) is 0. The van der Waals surface area contributed by atoms with Gasteiger partial charge in [-0.3, -0.25) is 0 Å². The smallest absolute Gasteiger partial charge is 0.410 e. The van der Waals surface area contributed by atoms with E-state index in [1.54, 1.807) is 0 Å². The second-order valence-corrected chi connectivity index (χ2v) is 8.54. The van der Waals surface area contributed by atoms with E-state index in [0.29, 0.717) is 12.6 Å². The molecule has 1 aromatic heterocycles. The van der Waals surface area contributed by atoms with Crippen molar-refractivity contribution in [2.45, 2.75) is 57.7 Å². The molecule has 1 N–H and O–H groups in total. The van der Waals surface area contributed by atoms with Gasteiger partial charge in [-0.25, -0.2) is 9.78 Å². The van der Waals surface area contributed by atoms with Crippen molar-refractivity contribution in [3.8, 4) is 0 Å². The van der Waals surface area contributed by atoms with Gasteiger partial charge in [0.2, 0.25) is 0 Å². The van der Waals surface area contributed by atoms with Crippen LogP contribution in [0.3, 0.4) is 0 Å². The Labute approximate surface area is 154 Å². The maximum absolute atomic E-state index is 12.7. The third-order valence-corrected chi connectivity index (χ3v) is 5.32. The zero-order valence-corrected chi connectivity index (χ0v) is 15.7. The molecule has 1 aliphatic carbocycles. The number of hydrogen-bond donors (Lipinski definition) is 1. The van der Waals surface area contributed by atoms with Crippen LogP contribution in [0.2, 0.25) is 0 Å². The second-order valence-electron chi connectivity index (χ2n) is 8.54. The molecular formula is C21H27N3O2.